The molecule has 1 aliphatic carbocycles. The van der Waals surface area contributed by atoms with Gasteiger partial charge in [0.2, 0.25) is 5.43 Å². The summed E-state index contributed by atoms with van der Waals surface area (Å²) in [6, 6.07) is -0.103. The van der Waals surface area contributed by atoms with Gasteiger partial charge >= 0.3 is 11.9 Å². The van der Waals surface area contributed by atoms with Crippen LogP contribution in [-0.2, 0) is 4.79 Å². The van der Waals surface area contributed by atoms with Crippen molar-refractivity contribution in [3.63, 3.8) is 0 Å². The Hall–Kier alpha value is -3.25. The molecule has 1 saturated carbocycles. The number of nitrogen functional groups attached to an aromatic ring is 1. The predicted octanol–water partition coefficient (Wildman–Crippen LogP) is 1.53. The van der Waals surface area contributed by atoms with E-state index in [9.17, 15) is 19.5 Å². The van der Waals surface area contributed by atoms with Gasteiger partial charge in [0.15, 0.2) is 11.6 Å². The van der Waals surface area contributed by atoms with Crippen molar-refractivity contribution in [3.05, 3.63) is 33.6 Å². The summed E-state index contributed by atoms with van der Waals surface area (Å²) in [4.78, 5) is 35.2. The Bertz CT molecular complexity index is 1180. The Morgan fingerprint density at radius 2 is 1.68 bits per heavy atom. The molecule has 34 heavy (non-hydrogen) atoms. The Morgan fingerprint density at radius 3 is 2.12 bits per heavy atom. The molecular formula is C22H28F2N4O6. The fourth-order valence-electron chi connectivity index (χ4n) is 4.13. The standard InChI is InChI=1S/C19H22F2N4O3.C3H6O3/c1-8-5-24(6-9(2)23-8)17-13(20)15(22)12-16(14(17)21)25(10-3-4-10)7-11(18(12)26)19(27)28;1-2(4)3(5)6/h7-10,23H,3-6,22H2,1-2H3,(H,27,28);2,4H,1H3,(H,5,6)/t8-,9+;. The quantitative estimate of drug-likeness (QED) is 0.408. The molecule has 1 aromatic heterocycles. The molecule has 2 fully saturated rings. The first-order valence-corrected chi connectivity index (χ1v) is 10.9. The van der Waals surface area contributed by atoms with Crippen molar-refractivity contribution in [3.8, 4) is 0 Å². The van der Waals surface area contributed by atoms with Crippen molar-refractivity contribution in [2.24, 2.45) is 0 Å². The van der Waals surface area contributed by atoms with Gasteiger partial charge in [-0.15, -0.1) is 0 Å². The molecular weight excluding hydrogens is 454 g/mol. The zero-order valence-electron chi connectivity index (χ0n) is 19.0. The van der Waals surface area contributed by atoms with Crippen LogP contribution in [0.2, 0.25) is 0 Å². The van der Waals surface area contributed by atoms with Gasteiger partial charge in [0.05, 0.1) is 16.6 Å². The van der Waals surface area contributed by atoms with Crippen molar-refractivity contribution < 1.29 is 33.7 Å². The number of aliphatic hydroxyl groups is 1. The van der Waals surface area contributed by atoms with Crippen molar-refractivity contribution in [2.75, 3.05) is 23.7 Å². The average Bonchev–Trinajstić information content (AvgIpc) is 3.56. The van der Waals surface area contributed by atoms with E-state index >= 15 is 8.78 Å². The molecule has 2 aromatic rings. The number of anilines is 2. The van der Waals surface area contributed by atoms with Crippen molar-refractivity contribution >= 4 is 34.2 Å². The third-order valence-corrected chi connectivity index (χ3v) is 5.77. The molecule has 0 bridgehead atoms. The minimum Gasteiger partial charge on any atom is -0.479 e. The van der Waals surface area contributed by atoms with Gasteiger partial charge in [0.25, 0.3) is 0 Å². The molecule has 3 atom stereocenters. The van der Waals surface area contributed by atoms with Gasteiger partial charge in [0, 0.05) is 37.4 Å². The number of aromatic carboxylic acids is 1. The normalized spacial score (nSPS) is 21.1. The number of carboxylic acids is 2. The van der Waals surface area contributed by atoms with Gasteiger partial charge in [0.1, 0.15) is 17.4 Å². The van der Waals surface area contributed by atoms with E-state index in [0.29, 0.717) is 13.1 Å². The number of piperazine rings is 1. The lowest BCUT2D eigenvalue weighted by Crippen LogP contribution is -2.54. The summed E-state index contributed by atoms with van der Waals surface area (Å²) in [7, 11) is 0. The highest BCUT2D eigenvalue weighted by atomic mass is 19.1. The van der Waals surface area contributed by atoms with Crippen LogP contribution in [0.5, 0.6) is 0 Å². The number of rotatable bonds is 4. The lowest BCUT2D eigenvalue weighted by molar-refractivity contribution is -0.145. The molecule has 0 radical (unpaired) electrons. The van der Waals surface area contributed by atoms with Gasteiger partial charge in [-0.2, -0.15) is 0 Å². The van der Waals surface area contributed by atoms with E-state index in [1.807, 2.05) is 13.8 Å². The molecule has 186 valence electrons. The molecule has 2 aliphatic rings. The summed E-state index contributed by atoms with van der Waals surface area (Å²) < 4.78 is 32.2. The highest BCUT2D eigenvalue weighted by Gasteiger charge is 2.34. The zero-order valence-corrected chi connectivity index (χ0v) is 19.0. The summed E-state index contributed by atoms with van der Waals surface area (Å²) in [5.74, 6) is -4.53. The van der Waals surface area contributed by atoms with Gasteiger partial charge in [-0.05, 0) is 33.6 Å². The number of carboxylic acid groups (broad SMARTS) is 2. The molecule has 10 nitrogen and oxygen atoms in total. The fraction of sp³-hybridized carbons (Fsp3) is 0.500. The third-order valence-electron chi connectivity index (χ3n) is 5.77. The van der Waals surface area contributed by atoms with Crippen LogP contribution in [0.3, 0.4) is 0 Å². The maximum atomic E-state index is 15.6. The molecule has 4 rings (SSSR count). The van der Waals surface area contributed by atoms with Crippen molar-refractivity contribution in [2.45, 2.75) is 57.8 Å². The van der Waals surface area contributed by atoms with Gasteiger partial charge < -0.3 is 35.8 Å². The van der Waals surface area contributed by atoms with E-state index in [0.717, 1.165) is 19.0 Å². The number of benzene rings is 1. The van der Waals surface area contributed by atoms with Gasteiger partial charge in [-0.3, -0.25) is 4.79 Å². The number of halogens is 2. The van der Waals surface area contributed by atoms with Crippen LogP contribution in [0.4, 0.5) is 20.2 Å². The first kappa shape index (κ1) is 25.4. The van der Waals surface area contributed by atoms with Crippen molar-refractivity contribution in [1.29, 1.82) is 0 Å². The lowest BCUT2D eigenvalue weighted by Gasteiger charge is -2.38. The second-order valence-electron chi connectivity index (χ2n) is 8.82. The minimum atomic E-state index is -1.45. The van der Waals surface area contributed by atoms with Crippen LogP contribution in [-0.4, -0.2) is 63.1 Å². The molecule has 1 unspecified atom stereocenters. The molecule has 12 heteroatoms. The number of nitrogens with two attached hydrogens (primary N) is 1. The summed E-state index contributed by atoms with van der Waals surface area (Å²) in [5, 5.41) is 28.0. The minimum absolute atomic E-state index is 0.0134. The summed E-state index contributed by atoms with van der Waals surface area (Å²) >= 11 is 0. The highest BCUT2D eigenvalue weighted by Crippen LogP contribution is 2.41. The average molecular weight is 482 g/mol. The maximum absolute atomic E-state index is 15.6. The van der Waals surface area contributed by atoms with Crippen LogP contribution in [0.1, 0.15) is 50.0 Å². The first-order chi connectivity index (χ1) is 15.8. The summed E-state index contributed by atoms with van der Waals surface area (Å²) in [6.45, 7) is 5.79. The van der Waals surface area contributed by atoms with Gasteiger partial charge in [-0.25, -0.2) is 18.4 Å². The topological polar surface area (TPSA) is 158 Å². The van der Waals surface area contributed by atoms with E-state index in [1.165, 1.54) is 11.5 Å². The monoisotopic (exact) mass is 482 g/mol. The Labute approximate surface area is 193 Å². The van der Waals surface area contributed by atoms with E-state index < -0.39 is 51.7 Å². The first-order valence-electron chi connectivity index (χ1n) is 10.9. The fourth-order valence-corrected chi connectivity index (χ4v) is 4.13. The molecule has 6 N–H and O–H groups in total. The maximum Gasteiger partial charge on any atom is 0.341 e. The number of carbonyl (C=O) groups is 2. The summed E-state index contributed by atoms with van der Waals surface area (Å²) in [6.07, 6.45) is 1.37. The smallest absolute Gasteiger partial charge is 0.341 e. The summed E-state index contributed by atoms with van der Waals surface area (Å²) in [5.41, 5.74) is 3.54. The number of hydrogen-bond acceptors (Lipinski definition) is 7. The SMILES string of the molecule is CC(O)C(=O)O.C[C@@H]1CN(c2c(F)c(N)c3c(=O)c(C(=O)O)cn(C4CC4)c3c2F)C[C@H](C)N1. The van der Waals surface area contributed by atoms with Crippen molar-refractivity contribution in [1.82, 2.24) is 9.88 Å². The molecule has 0 amide bonds. The Morgan fingerprint density at radius 1 is 1.15 bits per heavy atom. The molecule has 2 heterocycles. The number of hydrogen-bond donors (Lipinski definition) is 5. The second kappa shape index (κ2) is 9.55. The van der Waals surface area contributed by atoms with Crippen LogP contribution in [0.15, 0.2) is 11.0 Å². The number of aromatic nitrogens is 1. The van der Waals surface area contributed by atoms with E-state index in [1.54, 1.807) is 4.90 Å². The Kier molecular flexibility index (Phi) is 7.13. The number of fused-ring (bicyclic) bond motifs is 1. The third kappa shape index (κ3) is 4.82. The largest absolute Gasteiger partial charge is 0.479 e. The van der Waals surface area contributed by atoms with E-state index in [4.69, 9.17) is 15.9 Å². The number of aliphatic hydroxyl groups excluding tert-OH is 1. The van der Waals surface area contributed by atoms with Crippen LogP contribution in [0.25, 0.3) is 10.9 Å². The Balaban J connectivity index is 0.000000481. The van der Waals surface area contributed by atoms with Crippen LogP contribution >= 0.6 is 0 Å². The van der Waals surface area contributed by atoms with E-state index in [2.05, 4.69) is 5.32 Å². The number of nitrogens with one attached hydrogen (secondary N) is 1. The molecule has 1 saturated heterocycles. The van der Waals surface area contributed by atoms with Crippen LogP contribution in [0, 0.1) is 11.6 Å². The zero-order chi connectivity index (χ0) is 25.5. The lowest BCUT2D eigenvalue weighted by atomic mass is 10.0. The molecule has 1 aliphatic heterocycles. The van der Waals surface area contributed by atoms with E-state index in [-0.39, 0.29) is 29.3 Å². The highest BCUT2D eigenvalue weighted by molar-refractivity contribution is 5.99. The number of aliphatic carboxylic acids is 1. The van der Waals surface area contributed by atoms with Crippen LogP contribution < -0.4 is 21.4 Å². The number of nitrogens with zero attached hydrogens (tertiary/aromatic N) is 2. The number of pyridine rings is 1. The molecule has 1 aromatic carbocycles. The molecule has 0 spiro atoms. The second-order valence-corrected chi connectivity index (χ2v) is 8.82. The predicted molar refractivity (Wildman–Crippen MR) is 121 cm³/mol. The van der Waals surface area contributed by atoms with Gasteiger partial charge in [-0.1, -0.05) is 0 Å².